The van der Waals surface area contributed by atoms with Crippen LogP contribution in [0.3, 0.4) is 0 Å². The first-order chi connectivity index (χ1) is 14.7. The minimum Gasteiger partial charge on any atom is -0.491 e. The van der Waals surface area contributed by atoms with Gasteiger partial charge in [-0.25, -0.2) is 4.98 Å². The van der Waals surface area contributed by atoms with Gasteiger partial charge in [0.1, 0.15) is 5.75 Å². The Morgan fingerprint density at radius 1 is 1.32 bits per heavy atom. The molecule has 1 spiro atoms. The fourth-order valence-corrected chi connectivity index (χ4v) is 5.48. The lowest BCUT2D eigenvalue weighted by Crippen LogP contribution is -2.52. The van der Waals surface area contributed by atoms with E-state index in [9.17, 15) is 9.90 Å². The molecule has 1 N–H and O–H groups in total. The predicted octanol–water partition coefficient (Wildman–Crippen LogP) is 4.43. The van der Waals surface area contributed by atoms with Crippen LogP contribution in [0.15, 0.2) is 24.4 Å². The van der Waals surface area contributed by atoms with Crippen LogP contribution in [0.5, 0.6) is 5.75 Å². The fraction of sp³-hybridized carbons (Fsp3) is 0.583. The number of carbonyl (C=O) groups is 1. The van der Waals surface area contributed by atoms with E-state index in [0.29, 0.717) is 31.5 Å². The highest BCUT2D eigenvalue weighted by molar-refractivity contribution is 7.11. The highest BCUT2D eigenvalue weighted by Crippen LogP contribution is 2.44. The van der Waals surface area contributed by atoms with Gasteiger partial charge in [0, 0.05) is 37.7 Å². The maximum atomic E-state index is 13.1. The van der Waals surface area contributed by atoms with Crippen LogP contribution >= 0.6 is 11.3 Å². The minimum absolute atomic E-state index is 0.0417. The molecule has 2 aliphatic rings. The number of thiazole rings is 1. The molecule has 0 aliphatic carbocycles. The predicted molar refractivity (Wildman–Crippen MR) is 121 cm³/mol. The molecule has 2 aromatic rings. The van der Waals surface area contributed by atoms with Gasteiger partial charge in [0.25, 0.3) is 5.91 Å². The average Bonchev–Trinajstić information content (AvgIpc) is 3.15. The van der Waals surface area contributed by atoms with Crippen LogP contribution in [-0.4, -0.2) is 51.8 Å². The van der Waals surface area contributed by atoms with Crippen molar-refractivity contribution in [2.45, 2.75) is 77.3 Å². The SMILES string of the molecule is Cc1ncc([C@H]2C[C@@H](O)CC3(CCN(C(=O)c4ccc(OC(C)C)c(C)c4)CC3)O2)s1. The van der Waals surface area contributed by atoms with Gasteiger partial charge < -0.3 is 19.5 Å². The molecule has 2 aliphatic heterocycles. The van der Waals surface area contributed by atoms with Gasteiger partial charge in [0.05, 0.1) is 33.8 Å². The number of aromatic nitrogens is 1. The van der Waals surface area contributed by atoms with E-state index >= 15 is 0 Å². The van der Waals surface area contributed by atoms with Crippen LogP contribution in [-0.2, 0) is 4.74 Å². The normalized spacial score (nSPS) is 23.4. The smallest absolute Gasteiger partial charge is 0.253 e. The van der Waals surface area contributed by atoms with Crippen molar-refractivity contribution in [3.63, 3.8) is 0 Å². The van der Waals surface area contributed by atoms with Crippen LogP contribution in [0, 0.1) is 13.8 Å². The van der Waals surface area contributed by atoms with Gasteiger partial charge in [-0.2, -0.15) is 0 Å². The van der Waals surface area contributed by atoms with Gasteiger partial charge in [0.15, 0.2) is 0 Å². The molecule has 2 atom stereocenters. The number of hydrogen-bond acceptors (Lipinski definition) is 6. The van der Waals surface area contributed by atoms with E-state index in [4.69, 9.17) is 9.47 Å². The summed E-state index contributed by atoms with van der Waals surface area (Å²) < 4.78 is 12.3. The Morgan fingerprint density at radius 3 is 2.68 bits per heavy atom. The van der Waals surface area contributed by atoms with E-state index in [1.807, 2.05) is 57.0 Å². The van der Waals surface area contributed by atoms with E-state index < -0.39 is 0 Å². The van der Waals surface area contributed by atoms with Gasteiger partial charge in [0.2, 0.25) is 0 Å². The Kier molecular flexibility index (Phi) is 6.37. The van der Waals surface area contributed by atoms with Crippen molar-refractivity contribution in [2.24, 2.45) is 0 Å². The number of nitrogens with zero attached hydrogens (tertiary/aromatic N) is 2. The summed E-state index contributed by atoms with van der Waals surface area (Å²) in [5.74, 6) is 0.859. The quantitative estimate of drug-likeness (QED) is 0.755. The summed E-state index contributed by atoms with van der Waals surface area (Å²) in [6.07, 6.45) is 4.16. The van der Waals surface area contributed by atoms with Gasteiger partial charge in [-0.15, -0.1) is 11.3 Å². The number of benzene rings is 1. The zero-order valence-corrected chi connectivity index (χ0v) is 19.6. The zero-order chi connectivity index (χ0) is 22.2. The van der Waals surface area contributed by atoms with Crippen LogP contribution in [0.4, 0.5) is 0 Å². The van der Waals surface area contributed by atoms with Crippen molar-refractivity contribution < 1.29 is 19.4 Å². The standard InChI is InChI=1S/C24H32N2O4S/c1-15(2)29-20-6-5-18(11-16(20)3)23(28)26-9-7-24(8-10-26)13-19(27)12-21(30-24)22-14-25-17(4)31-22/h5-6,11,14-15,19,21,27H,7-10,12-13H2,1-4H3/t19-,21-/m1/s1. The van der Waals surface area contributed by atoms with Crippen LogP contribution < -0.4 is 4.74 Å². The molecule has 31 heavy (non-hydrogen) atoms. The number of hydrogen-bond donors (Lipinski definition) is 1. The Hall–Kier alpha value is -1.96. The molecular formula is C24H32N2O4S. The summed E-state index contributed by atoms with van der Waals surface area (Å²) >= 11 is 1.63. The Morgan fingerprint density at radius 2 is 2.06 bits per heavy atom. The Bertz CT molecular complexity index is 933. The average molecular weight is 445 g/mol. The number of carbonyl (C=O) groups excluding carboxylic acids is 1. The molecule has 2 fully saturated rings. The summed E-state index contributed by atoms with van der Waals surface area (Å²) in [6.45, 7) is 9.20. The maximum absolute atomic E-state index is 13.1. The molecule has 1 aromatic carbocycles. The number of aryl methyl sites for hydroxylation is 2. The van der Waals surface area contributed by atoms with Crippen LogP contribution in [0.2, 0.25) is 0 Å². The molecule has 2 saturated heterocycles. The second-order valence-corrected chi connectivity index (χ2v) is 10.4. The van der Waals surface area contributed by atoms with Crippen molar-refractivity contribution in [1.82, 2.24) is 9.88 Å². The number of aliphatic hydroxyl groups excluding tert-OH is 1. The molecule has 6 nitrogen and oxygen atoms in total. The maximum Gasteiger partial charge on any atom is 0.253 e. The van der Waals surface area contributed by atoms with Crippen molar-refractivity contribution in [3.05, 3.63) is 45.4 Å². The van der Waals surface area contributed by atoms with E-state index in [1.165, 1.54) is 0 Å². The van der Waals surface area contributed by atoms with Crippen molar-refractivity contribution >= 4 is 17.2 Å². The summed E-state index contributed by atoms with van der Waals surface area (Å²) in [6, 6.07) is 5.64. The molecule has 0 saturated carbocycles. The lowest BCUT2D eigenvalue weighted by atomic mass is 9.81. The highest BCUT2D eigenvalue weighted by atomic mass is 32.1. The van der Waals surface area contributed by atoms with Gasteiger partial charge in [-0.05, 0) is 64.3 Å². The zero-order valence-electron chi connectivity index (χ0n) is 18.8. The van der Waals surface area contributed by atoms with Crippen molar-refractivity contribution in [2.75, 3.05) is 13.1 Å². The first-order valence-corrected chi connectivity index (χ1v) is 11.9. The van der Waals surface area contributed by atoms with Crippen LogP contribution in [0.25, 0.3) is 0 Å². The number of amides is 1. The van der Waals surface area contributed by atoms with Crippen molar-refractivity contribution in [3.8, 4) is 5.75 Å². The molecule has 0 bridgehead atoms. The molecule has 1 aromatic heterocycles. The monoisotopic (exact) mass is 444 g/mol. The molecule has 168 valence electrons. The van der Waals surface area contributed by atoms with Gasteiger partial charge in [-0.3, -0.25) is 4.79 Å². The summed E-state index contributed by atoms with van der Waals surface area (Å²) in [7, 11) is 0. The van der Waals surface area contributed by atoms with E-state index in [2.05, 4.69) is 4.98 Å². The number of likely N-dealkylation sites (tertiary alicyclic amines) is 1. The topological polar surface area (TPSA) is 71.9 Å². The third kappa shape index (κ3) is 4.94. The molecule has 7 heteroatoms. The first kappa shape index (κ1) is 22.2. The number of piperidine rings is 1. The van der Waals surface area contributed by atoms with Gasteiger partial charge in [-0.1, -0.05) is 0 Å². The molecule has 3 heterocycles. The Balaban J connectivity index is 1.41. The highest BCUT2D eigenvalue weighted by Gasteiger charge is 2.44. The number of aliphatic hydroxyl groups is 1. The summed E-state index contributed by atoms with van der Waals surface area (Å²) in [4.78, 5) is 20.4. The lowest BCUT2D eigenvalue weighted by molar-refractivity contribution is -0.180. The first-order valence-electron chi connectivity index (χ1n) is 11.1. The van der Waals surface area contributed by atoms with Gasteiger partial charge >= 0.3 is 0 Å². The summed E-state index contributed by atoms with van der Waals surface area (Å²) in [5.41, 5.74) is 1.28. The molecule has 0 radical (unpaired) electrons. The largest absolute Gasteiger partial charge is 0.491 e. The third-order valence-electron chi connectivity index (χ3n) is 6.19. The third-order valence-corrected chi connectivity index (χ3v) is 7.19. The minimum atomic E-state index is -0.389. The second-order valence-electron chi connectivity index (χ2n) is 9.10. The molecule has 4 rings (SSSR count). The summed E-state index contributed by atoms with van der Waals surface area (Å²) in [5, 5.41) is 11.6. The second kappa shape index (κ2) is 8.88. The van der Waals surface area contributed by atoms with E-state index in [-0.39, 0.29) is 29.8 Å². The molecular weight excluding hydrogens is 412 g/mol. The van der Waals surface area contributed by atoms with Crippen molar-refractivity contribution in [1.29, 1.82) is 0 Å². The lowest BCUT2D eigenvalue weighted by Gasteiger charge is -2.47. The van der Waals surface area contributed by atoms with Crippen LogP contribution in [0.1, 0.15) is 71.4 Å². The number of rotatable bonds is 4. The fourth-order valence-electron chi connectivity index (χ4n) is 4.65. The molecule has 1 amide bonds. The molecule has 0 unspecified atom stereocenters. The Labute approximate surface area is 188 Å². The van der Waals surface area contributed by atoms with E-state index in [0.717, 1.165) is 34.0 Å². The number of ether oxygens (including phenoxy) is 2. The van der Waals surface area contributed by atoms with E-state index in [1.54, 1.807) is 11.3 Å².